The number of carboxylic acid groups (broad SMARTS) is 1. The van der Waals surface area contributed by atoms with E-state index in [1.54, 1.807) is 30.4 Å². The predicted octanol–water partition coefficient (Wildman–Crippen LogP) is 6.39. The minimum absolute atomic E-state index is 0.0182. The van der Waals surface area contributed by atoms with E-state index in [2.05, 4.69) is 62.0 Å². The van der Waals surface area contributed by atoms with Crippen LogP contribution < -0.4 is 9.47 Å². The Kier molecular flexibility index (Phi) is 8.85. The molecule has 3 rings (SSSR count). The van der Waals surface area contributed by atoms with Crippen molar-refractivity contribution in [2.45, 2.75) is 5.22 Å². The van der Waals surface area contributed by atoms with Crippen LogP contribution in [0.3, 0.4) is 0 Å². The standard InChI is InChI=1S/C21H15ClI2N2O5S/c1-3-6-30-18-14(23)7-11(8-15(18)24)9-17(20(27)28)32-21-26-25-19(31-21)13-10-12(22)4-5-16(13)29-2/h3-5,7-10H,1,6H2,2H3,(H,27,28)/b17-9-. The molecule has 11 heteroatoms. The molecule has 0 amide bonds. The maximum Gasteiger partial charge on any atom is 0.342 e. The van der Waals surface area contributed by atoms with Gasteiger partial charge in [-0.05, 0) is 98.9 Å². The summed E-state index contributed by atoms with van der Waals surface area (Å²) in [6.07, 6.45) is 3.20. The number of carboxylic acids is 1. The average Bonchev–Trinajstić information content (AvgIpc) is 3.21. The molecule has 3 aromatic rings. The Morgan fingerprint density at radius 1 is 1.28 bits per heavy atom. The monoisotopic (exact) mass is 696 g/mol. The summed E-state index contributed by atoms with van der Waals surface area (Å²) in [4.78, 5) is 11.9. The van der Waals surface area contributed by atoms with Crippen molar-refractivity contribution in [2.75, 3.05) is 13.7 Å². The zero-order valence-electron chi connectivity index (χ0n) is 16.5. The van der Waals surface area contributed by atoms with Crippen LogP contribution in [0.25, 0.3) is 17.5 Å². The molecule has 0 spiro atoms. The number of hydrogen-bond donors (Lipinski definition) is 1. The molecule has 0 aliphatic carbocycles. The molecule has 0 aliphatic rings. The van der Waals surface area contributed by atoms with Gasteiger partial charge in [0.1, 0.15) is 23.0 Å². The van der Waals surface area contributed by atoms with Gasteiger partial charge in [-0.25, -0.2) is 4.79 Å². The lowest BCUT2D eigenvalue weighted by Crippen LogP contribution is -1.99. The van der Waals surface area contributed by atoms with Gasteiger partial charge in [0.15, 0.2) is 0 Å². The number of aromatic nitrogens is 2. The fourth-order valence-corrected chi connectivity index (χ4v) is 5.50. The zero-order chi connectivity index (χ0) is 23.3. The first-order valence-corrected chi connectivity index (χ1v) is 12.2. The summed E-state index contributed by atoms with van der Waals surface area (Å²) < 4.78 is 18.3. The Labute approximate surface area is 220 Å². The van der Waals surface area contributed by atoms with E-state index < -0.39 is 5.97 Å². The van der Waals surface area contributed by atoms with Crippen molar-refractivity contribution in [3.05, 3.63) is 65.6 Å². The number of thioether (sulfide) groups is 1. The van der Waals surface area contributed by atoms with Crippen molar-refractivity contribution in [2.24, 2.45) is 0 Å². The van der Waals surface area contributed by atoms with Crippen molar-refractivity contribution < 1.29 is 23.8 Å². The molecule has 1 heterocycles. The summed E-state index contributed by atoms with van der Waals surface area (Å²) in [6.45, 7) is 4.03. The van der Waals surface area contributed by atoms with E-state index in [1.807, 2.05) is 12.1 Å². The Balaban J connectivity index is 1.89. The van der Waals surface area contributed by atoms with Crippen LogP contribution in [0.4, 0.5) is 0 Å². The van der Waals surface area contributed by atoms with Crippen molar-refractivity contribution in [3.63, 3.8) is 0 Å². The smallest absolute Gasteiger partial charge is 0.342 e. The largest absolute Gasteiger partial charge is 0.496 e. The second-order valence-electron chi connectivity index (χ2n) is 6.05. The first-order valence-electron chi connectivity index (χ1n) is 8.85. The summed E-state index contributed by atoms with van der Waals surface area (Å²) in [7, 11) is 1.51. The van der Waals surface area contributed by atoms with Gasteiger partial charge in [0.2, 0.25) is 0 Å². The van der Waals surface area contributed by atoms with E-state index >= 15 is 0 Å². The Morgan fingerprint density at radius 2 is 2.00 bits per heavy atom. The molecule has 0 radical (unpaired) electrons. The van der Waals surface area contributed by atoms with Crippen molar-refractivity contribution >= 4 is 80.6 Å². The van der Waals surface area contributed by atoms with E-state index in [4.69, 9.17) is 25.5 Å². The fraction of sp³-hybridized carbons (Fsp3) is 0.0952. The van der Waals surface area contributed by atoms with Crippen LogP contribution >= 0.6 is 68.5 Å². The van der Waals surface area contributed by atoms with Gasteiger partial charge in [-0.1, -0.05) is 24.3 Å². The summed E-state index contributed by atoms with van der Waals surface area (Å²) in [5.74, 6) is 0.285. The molecule has 0 aliphatic heterocycles. The molecule has 0 saturated carbocycles. The van der Waals surface area contributed by atoms with Gasteiger partial charge >= 0.3 is 5.97 Å². The number of hydrogen-bond acceptors (Lipinski definition) is 7. The summed E-state index contributed by atoms with van der Waals surface area (Å²) in [6, 6.07) is 8.66. The number of carbonyl (C=O) groups is 1. The minimum Gasteiger partial charge on any atom is -0.496 e. The van der Waals surface area contributed by atoms with E-state index in [1.165, 1.54) is 7.11 Å². The van der Waals surface area contributed by atoms with Gasteiger partial charge in [-0.15, -0.1) is 10.2 Å². The molecular formula is C21H15ClI2N2O5S. The predicted molar refractivity (Wildman–Crippen MR) is 140 cm³/mol. The third-order valence-corrected chi connectivity index (χ3v) is 6.56. The van der Waals surface area contributed by atoms with Crippen LogP contribution in [0.1, 0.15) is 5.56 Å². The molecule has 166 valence electrons. The van der Waals surface area contributed by atoms with Crippen LogP contribution in [0.15, 0.2) is 57.5 Å². The summed E-state index contributed by atoms with van der Waals surface area (Å²) in [5, 5.41) is 18.2. The number of rotatable bonds is 9. The SMILES string of the molecule is C=CCOc1c(I)cc(/C=C(\Sc2nnc(-c3cc(Cl)ccc3OC)o2)C(=O)O)cc1I. The highest BCUT2D eigenvalue weighted by atomic mass is 127. The first kappa shape index (κ1) is 24.9. The van der Waals surface area contributed by atoms with Crippen molar-refractivity contribution in [1.82, 2.24) is 10.2 Å². The molecule has 32 heavy (non-hydrogen) atoms. The van der Waals surface area contributed by atoms with Gasteiger partial charge in [-0.2, -0.15) is 0 Å². The molecule has 7 nitrogen and oxygen atoms in total. The van der Waals surface area contributed by atoms with Gasteiger partial charge in [0.25, 0.3) is 11.1 Å². The number of ether oxygens (including phenoxy) is 2. The number of nitrogens with zero attached hydrogens (tertiary/aromatic N) is 2. The van der Waals surface area contributed by atoms with E-state index in [0.29, 0.717) is 28.5 Å². The number of benzene rings is 2. The van der Waals surface area contributed by atoms with Crippen LogP contribution in [0, 0.1) is 7.14 Å². The van der Waals surface area contributed by atoms with Crippen molar-refractivity contribution in [1.29, 1.82) is 0 Å². The summed E-state index contributed by atoms with van der Waals surface area (Å²) in [5.41, 5.74) is 1.21. The molecule has 0 saturated heterocycles. The maximum atomic E-state index is 11.9. The van der Waals surface area contributed by atoms with Crippen LogP contribution in [0.5, 0.6) is 11.5 Å². The maximum absolute atomic E-state index is 11.9. The molecule has 0 bridgehead atoms. The molecule has 0 fully saturated rings. The third-order valence-electron chi connectivity index (χ3n) is 3.87. The molecular weight excluding hydrogens is 682 g/mol. The van der Waals surface area contributed by atoms with E-state index in [0.717, 1.165) is 24.7 Å². The van der Waals surface area contributed by atoms with E-state index in [-0.39, 0.29) is 16.0 Å². The number of aliphatic carboxylic acids is 1. The zero-order valence-corrected chi connectivity index (χ0v) is 22.4. The minimum atomic E-state index is -1.12. The highest BCUT2D eigenvalue weighted by Crippen LogP contribution is 2.36. The number of halogens is 3. The van der Waals surface area contributed by atoms with E-state index in [9.17, 15) is 9.90 Å². The second-order valence-corrected chi connectivity index (χ2v) is 9.80. The second kappa shape index (κ2) is 11.4. The van der Waals surface area contributed by atoms with Gasteiger partial charge < -0.3 is 19.0 Å². The van der Waals surface area contributed by atoms with Crippen LogP contribution in [-0.2, 0) is 4.79 Å². The molecule has 0 unspecified atom stereocenters. The van der Waals surface area contributed by atoms with Crippen LogP contribution in [0.2, 0.25) is 5.02 Å². The lowest BCUT2D eigenvalue weighted by Gasteiger charge is -2.10. The first-order chi connectivity index (χ1) is 15.3. The quantitative estimate of drug-likeness (QED) is 0.119. The normalized spacial score (nSPS) is 11.3. The molecule has 1 N–H and O–H groups in total. The lowest BCUT2D eigenvalue weighted by atomic mass is 10.2. The molecule has 2 aromatic carbocycles. The van der Waals surface area contributed by atoms with Gasteiger partial charge in [0, 0.05) is 5.02 Å². The van der Waals surface area contributed by atoms with Crippen molar-refractivity contribution in [3.8, 4) is 23.0 Å². The highest BCUT2D eigenvalue weighted by molar-refractivity contribution is 14.1. The Hall–Kier alpha value is -1.77. The van der Waals surface area contributed by atoms with Gasteiger partial charge in [-0.3, -0.25) is 0 Å². The number of methoxy groups -OCH3 is 1. The third kappa shape index (κ3) is 6.17. The van der Waals surface area contributed by atoms with Gasteiger partial charge in [0.05, 0.1) is 19.8 Å². The van der Waals surface area contributed by atoms with Crippen LogP contribution in [-0.4, -0.2) is 35.0 Å². The highest BCUT2D eigenvalue weighted by Gasteiger charge is 2.19. The summed E-state index contributed by atoms with van der Waals surface area (Å²) >= 11 is 11.2. The lowest BCUT2D eigenvalue weighted by molar-refractivity contribution is -0.131. The average molecular weight is 697 g/mol. The Morgan fingerprint density at radius 3 is 2.62 bits per heavy atom. The Bertz CT molecular complexity index is 1180. The molecule has 0 atom stereocenters. The molecule has 1 aromatic heterocycles. The fourth-order valence-electron chi connectivity index (χ4n) is 2.53. The topological polar surface area (TPSA) is 94.7 Å².